The molecule has 2 aromatic rings. The number of carboxylic acids is 1. The third kappa shape index (κ3) is 2.29. The zero-order valence-corrected chi connectivity index (χ0v) is 9.55. The van der Waals surface area contributed by atoms with Crippen LogP contribution in [0.4, 0.5) is 4.39 Å². The van der Waals surface area contributed by atoms with Gasteiger partial charge in [0.1, 0.15) is 5.56 Å². The molecule has 0 unspecified atom stereocenters. The summed E-state index contributed by atoms with van der Waals surface area (Å²) in [6, 6.07) is 7.46. The summed E-state index contributed by atoms with van der Waals surface area (Å²) in [6.07, 6.45) is 1.38. The number of aryl methyl sites for hydroxylation is 1. The van der Waals surface area contributed by atoms with E-state index in [1.807, 2.05) is 0 Å². The second kappa shape index (κ2) is 4.83. The lowest BCUT2D eigenvalue weighted by molar-refractivity contribution is 0.0693. The lowest BCUT2D eigenvalue weighted by Gasteiger charge is -2.08. The first-order valence-corrected chi connectivity index (χ1v) is 5.21. The van der Waals surface area contributed by atoms with Crippen molar-refractivity contribution in [2.75, 3.05) is 0 Å². The normalized spacial score (nSPS) is 10.1. The Balaban J connectivity index is 2.40. The van der Waals surface area contributed by atoms with Crippen LogP contribution in [0.3, 0.4) is 0 Å². The number of carbonyl (C=O) groups is 1. The molecule has 92 valence electrons. The lowest BCUT2D eigenvalue weighted by Crippen LogP contribution is -2.02. The first-order chi connectivity index (χ1) is 8.59. The van der Waals surface area contributed by atoms with Crippen molar-refractivity contribution in [1.82, 2.24) is 4.98 Å². The van der Waals surface area contributed by atoms with Crippen molar-refractivity contribution < 1.29 is 19.0 Å². The van der Waals surface area contributed by atoms with E-state index in [-0.39, 0.29) is 17.2 Å². The van der Waals surface area contributed by atoms with E-state index in [4.69, 9.17) is 9.84 Å². The van der Waals surface area contributed by atoms with Crippen LogP contribution in [-0.2, 0) is 0 Å². The van der Waals surface area contributed by atoms with Gasteiger partial charge in [-0.3, -0.25) is 0 Å². The molecule has 1 aromatic heterocycles. The van der Waals surface area contributed by atoms with E-state index in [2.05, 4.69) is 4.98 Å². The predicted octanol–water partition coefficient (Wildman–Crippen LogP) is 3.02. The van der Waals surface area contributed by atoms with Crippen LogP contribution >= 0.6 is 0 Å². The Morgan fingerprint density at radius 1 is 1.33 bits per heavy atom. The van der Waals surface area contributed by atoms with Crippen molar-refractivity contribution in [3.63, 3.8) is 0 Å². The first-order valence-electron chi connectivity index (χ1n) is 5.21. The van der Waals surface area contributed by atoms with Gasteiger partial charge in [0.15, 0.2) is 11.6 Å². The summed E-state index contributed by atoms with van der Waals surface area (Å²) in [5.74, 6) is -1.88. The maximum Gasteiger partial charge on any atom is 0.341 e. The fourth-order valence-electron chi connectivity index (χ4n) is 1.44. The van der Waals surface area contributed by atoms with Gasteiger partial charge in [-0.2, -0.15) is 0 Å². The molecule has 0 aliphatic heterocycles. The molecule has 1 aromatic carbocycles. The molecule has 0 bridgehead atoms. The van der Waals surface area contributed by atoms with Crippen LogP contribution in [-0.4, -0.2) is 16.1 Å². The third-order valence-electron chi connectivity index (χ3n) is 2.36. The number of aromatic carboxylic acids is 1. The van der Waals surface area contributed by atoms with E-state index < -0.39 is 11.8 Å². The lowest BCUT2D eigenvalue weighted by atomic mass is 10.2. The highest BCUT2D eigenvalue weighted by atomic mass is 19.1. The van der Waals surface area contributed by atoms with Crippen molar-refractivity contribution >= 4 is 5.97 Å². The summed E-state index contributed by atoms with van der Waals surface area (Å²) in [6.45, 7) is 1.60. The van der Waals surface area contributed by atoms with Gasteiger partial charge in [0.25, 0.3) is 0 Å². The van der Waals surface area contributed by atoms with Gasteiger partial charge in [-0.15, -0.1) is 0 Å². The number of rotatable bonds is 3. The molecule has 5 heteroatoms. The smallest absolute Gasteiger partial charge is 0.341 e. The van der Waals surface area contributed by atoms with Crippen molar-refractivity contribution in [2.24, 2.45) is 0 Å². The van der Waals surface area contributed by atoms with Crippen molar-refractivity contribution in [3.05, 3.63) is 53.5 Å². The minimum Gasteiger partial charge on any atom is -0.477 e. The van der Waals surface area contributed by atoms with Gasteiger partial charge in [0.2, 0.25) is 5.88 Å². The molecule has 0 spiro atoms. The van der Waals surface area contributed by atoms with E-state index in [0.29, 0.717) is 5.56 Å². The molecule has 0 saturated heterocycles. The van der Waals surface area contributed by atoms with Crippen LogP contribution in [0, 0.1) is 12.7 Å². The summed E-state index contributed by atoms with van der Waals surface area (Å²) < 4.78 is 18.9. The Morgan fingerprint density at radius 3 is 2.83 bits per heavy atom. The highest BCUT2D eigenvalue weighted by Crippen LogP contribution is 2.26. The summed E-state index contributed by atoms with van der Waals surface area (Å²) in [5, 5.41) is 8.95. The van der Waals surface area contributed by atoms with E-state index >= 15 is 0 Å². The SMILES string of the molecule is Cc1cccc(Oc2ncccc2C(=O)O)c1F. The zero-order chi connectivity index (χ0) is 13.1. The second-order valence-corrected chi connectivity index (χ2v) is 3.65. The molecule has 0 radical (unpaired) electrons. The van der Waals surface area contributed by atoms with Crippen LogP contribution in [0.5, 0.6) is 11.6 Å². The van der Waals surface area contributed by atoms with Crippen molar-refractivity contribution in [2.45, 2.75) is 6.92 Å². The molecule has 4 nitrogen and oxygen atoms in total. The molecule has 2 rings (SSSR count). The van der Waals surface area contributed by atoms with Gasteiger partial charge in [0.05, 0.1) is 0 Å². The average Bonchev–Trinajstić information content (AvgIpc) is 2.35. The number of hydrogen-bond donors (Lipinski definition) is 1. The molecule has 1 heterocycles. The monoisotopic (exact) mass is 247 g/mol. The van der Waals surface area contributed by atoms with Gasteiger partial charge in [0, 0.05) is 6.20 Å². The first kappa shape index (κ1) is 12.0. The molecule has 1 N–H and O–H groups in total. The van der Waals surface area contributed by atoms with E-state index in [9.17, 15) is 9.18 Å². The van der Waals surface area contributed by atoms with E-state index in [1.54, 1.807) is 19.1 Å². The van der Waals surface area contributed by atoms with Gasteiger partial charge >= 0.3 is 5.97 Å². The Kier molecular flexibility index (Phi) is 3.23. The number of carboxylic acid groups (broad SMARTS) is 1. The zero-order valence-electron chi connectivity index (χ0n) is 9.55. The summed E-state index contributed by atoms with van der Waals surface area (Å²) in [5.41, 5.74) is 0.304. The van der Waals surface area contributed by atoms with Crippen LogP contribution in [0.15, 0.2) is 36.5 Å². The quantitative estimate of drug-likeness (QED) is 0.905. The average molecular weight is 247 g/mol. The molecule has 0 aliphatic rings. The highest BCUT2D eigenvalue weighted by Gasteiger charge is 2.15. The van der Waals surface area contributed by atoms with Crippen LogP contribution in [0.2, 0.25) is 0 Å². The summed E-state index contributed by atoms with van der Waals surface area (Å²) in [7, 11) is 0. The number of benzene rings is 1. The molecule has 0 aliphatic carbocycles. The van der Waals surface area contributed by atoms with Crippen molar-refractivity contribution in [1.29, 1.82) is 0 Å². The topological polar surface area (TPSA) is 59.4 Å². The summed E-state index contributed by atoms with van der Waals surface area (Å²) >= 11 is 0. The second-order valence-electron chi connectivity index (χ2n) is 3.65. The number of pyridine rings is 1. The Labute approximate surface area is 103 Å². The molecule has 0 saturated carbocycles. The number of halogens is 1. The number of hydrogen-bond acceptors (Lipinski definition) is 3. The minimum atomic E-state index is -1.17. The van der Waals surface area contributed by atoms with E-state index in [0.717, 1.165) is 0 Å². The maximum atomic E-state index is 13.7. The molecule has 18 heavy (non-hydrogen) atoms. The van der Waals surface area contributed by atoms with Crippen LogP contribution in [0.1, 0.15) is 15.9 Å². The molecule has 0 amide bonds. The third-order valence-corrected chi connectivity index (χ3v) is 2.36. The van der Waals surface area contributed by atoms with Gasteiger partial charge in [-0.05, 0) is 30.7 Å². The van der Waals surface area contributed by atoms with Crippen LogP contribution < -0.4 is 4.74 Å². The standard InChI is InChI=1S/C13H10FNO3/c1-8-4-2-6-10(11(8)14)18-12-9(13(16)17)5-3-7-15-12/h2-7H,1H3,(H,16,17). The number of aromatic nitrogens is 1. The van der Waals surface area contributed by atoms with Crippen molar-refractivity contribution in [3.8, 4) is 11.6 Å². The number of nitrogens with zero attached hydrogens (tertiary/aromatic N) is 1. The molecular weight excluding hydrogens is 237 g/mol. The number of ether oxygens (including phenoxy) is 1. The minimum absolute atomic E-state index is 0.0452. The summed E-state index contributed by atoms with van der Waals surface area (Å²) in [4.78, 5) is 14.7. The van der Waals surface area contributed by atoms with Gasteiger partial charge in [-0.1, -0.05) is 12.1 Å². The highest BCUT2D eigenvalue weighted by molar-refractivity contribution is 5.90. The fourth-order valence-corrected chi connectivity index (χ4v) is 1.44. The molecule has 0 fully saturated rings. The Bertz CT molecular complexity index is 599. The molecular formula is C13H10FNO3. The fraction of sp³-hybridized carbons (Fsp3) is 0.0769. The Hall–Kier alpha value is -2.43. The largest absolute Gasteiger partial charge is 0.477 e. The predicted molar refractivity (Wildman–Crippen MR) is 62.4 cm³/mol. The maximum absolute atomic E-state index is 13.7. The Morgan fingerprint density at radius 2 is 2.11 bits per heavy atom. The van der Waals surface area contributed by atoms with Crippen LogP contribution in [0.25, 0.3) is 0 Å². The van der Waals surface area contributed by atoms with Gasteiger partial charge < -0.3 is 9.84 Å². The van der Waals surface area contributed by atoms with E-state index in [1.165, 1.54) is 24.4 Å². The van der Waals surface area contributed by atoms with Gasteiger partial charge in [-0.25, -0.2) is 14.2 Å². The molecule has 0 atom stereocenters.